The van der Waals surface area contributed by atoms with Gasteiger partial charge >= 0.3 is 0 Å². The minimum atomic E-state index is 0.300. The topological polar surface area (TPSA) is 39.9 Å². The van der Waals surface area contributed by atoms with Gasteiger partial charge in [-0.2, -0.15) is 5.10 Å². The molecule has 0 spiro atoms. The summed E-state index contributed by atoms with van der Waals surface area (Å²) >= 11 is 2.29. The van der Waals surface area contributed by atoms with Crippen LogP contribution in [0.15, 0.2) is 30.6 Å². The molecule has 0 radical (unpaired) electrons. The Labute approximate surface area is 121 Å². The highest BCUT2D eigenvalue weighted by Gasteiger charge is 2.09. The van der Waals surface area contributed by atoms with E-state index in [0.717, 1.165) is 24.4 Å². The van der Waals surface area contributed by atoms with Crippen molar-refractivity contribution >= 4 is 22.6 Å². The van der Waals surface area contributed by atoms with Crippen molar-refractivity contribution in [2.45, 2.75) is 19.4 Å². The van der Waals surface area contributed by atoms with Gasteiger partial charge in [-0.25, -0.2) is 9.67 Å². The predicted octanol–water partition coefficient (Wildman–Crippen LogP) is 3.15. The van der Waals surface area contributed by atoms with Crippen LogP contribution >= 0.6 is 22.6 Å². The summed E-state index contributed by atoms with van der Waals surface area (Å²) in [5, 5.41) is 4.52. The third-order valence-electron chi connectivity index (χ3n) is 2.78. The monoisotopic (exact) mass is 357 g/mol. The van der Waals surface area contributed by atoms with Gasteiger partial charge in [0, 0.05) is 22.9 Å². The molecule has 0 fully saturated rings. The van der Waals surface area contributed by atoms with Crippen LogP contribution in [0.2, 0.25) is 0 Å². The van der Waals surface area contributed by atoms with Crippen LogP contribution in [0.3, 0.4) is 0 Å². The van der Waals surface area contributed by atoms with Gasteiger partial charge in [0.05, 0.1) is 6.04 Å². The van der Waals surface area contributed by atoms with E-state index < -0.39 is 0 Å². The first-order chi connectivity index (χ1) is 8.70. The van der Waals surface area contributed by atoms with Gasteiger partial charge in [0.25, 0.3) is 0 Å². The molecule has 2 aromatic rings. The molecule has 1 aromatic heterocycles. The Kier molecular flexibility index (Phi) is 4.71. The first-order valence-corrected chi connectivity index (χ1v) is 6.94. The zero-order chi connectivity index (χ0) is 13.0. The molecule has 0 N–H and O–H groups in total. The van der Waals surface area contributed by atoms with Crippen LogP contribution < -0.4 is 0 Å². The lowest BCUT2D eigenvalue weighted by atomic mass is 10.2. The van der Waals surface area contributed by atoms with Gasteiger partial charge in [-0.1, -0.05) is 12.1 Å². The van der Waals surface area contributed by atoms with Crippen molar-refractivity contribution in [1.29, 1.82) is 0 Å². The first-order valence-electron chi connectivity index (χ1n) is 5.86. The van der Waals surface area contributed by atoms with Crippen LogP contribution in [0.1, 0.15) is 19.4 Å². The zero-order valence-electron chi connectivity index (χ0n) is 10.5. The molecular weight excluding hydrogens is 341 g/mol. The fraction of sp³-hybridized carbons (Fsp3) is 0.385. The van der Waals surface area contributed by atoms with Crippen LogP contribution in [0.4, 0.5) is 0 Å². The quantitative estimate of drug-likeness (QED) is 0.772. The highest BCUT2D eigenvalue weighted by atomic mass is 127. The largest absolute Gasteiger partial charge is 0.385 e. The number of benzene rings is 1. The maximum absolute atomic E-state index is 5.08. The second-order valence-electron chi connectivity index (χ2n) is 4.19. The summed E-state index contributed by atoms with van der Waals surface area (Å²) in [4.78, 5) is 4.36. The number of nitrogens with zero attached hydrogens (tertiary/aromatic N) is 3. The predicted molar refractivity (Wildman–Crippen MR) is 79.4 cm³/mol. The number of hydrogen-bond acceptors (Lipinski definition) is 3. The van der Waals surface area contributed by atoms with E-state index in [0.29, 0.717) is 6.04 Å². The lowest BCUT2D eigenvalue weighted by Gasteiger charge is -2.09. The van der Waals surface area contributed by atoms with Crippen molar-refractivity contribution in [3.63, 3.8) is 0 Å². The van der Waals surface area contributed by atoms with Gasteiger partial charge in [-0.05, 0) is 48.1 Å². The molecule has 1 heterocycles. The van der Waals surface area contributed by atoms with E-state index in [1.54, 1.807) is 13.4 Å². The minimum Gasteiger partial charge on any atom is -0.385 e. The second-order valence-corrected chi connectivity index (χ2v) is 5.43. The average molecular weight is 357 g/mol. The van der Waals surface area contributed by atoms with Crippen LogP contribution in [0.25, 0.3) is 11.4 Å². The van der Waals surface area contributed by atoms with Crippen molar-refractivity contribution in [2.24, 2.45) is 0 Å². The van der Waals surface area contributed by atoms with Crippen molar-refractivity contribution in [2.75, 3.05) is 13.7 Å². The summed E-state index contributed by atoms with van der Waals surface area (Å²) in [7, 11) is 1.71. The molecule has 96 valence electrons. The van der Waals surface area contributed by atoms with Crippen molar-refractivity contribution < 1.29 is 4.74 Å². The number of hydrogen-bond donors (Lipinski definition) is 0. The summed E-state index contributed by atoms with van der Waals surface area (Å²) in [5.74, 6) is 0.776. The molecule has 2 rings (SSSR count). The number of halogens is 1. The van der Waals surface area contributed by atoms with E-state index in [4.69, 9.17) is 4.74 Å². The van der Waals surface area contributed by atoms with E-state index in [9.17, 15) is 0 Å². The van der Waals surface area contributed by atoms with Gasteiger partial charge in [-0.3, -0.25) is 0 Å². The van der Waals surface area contributed by atoms with Gasteiger partial charge in [-0.15, -0.1) is 0 Å². The fourth-order valence-electron chi connectivity index (χ4n) is 1.67. The molecular formula is C13H16IN3O. The van der Waals surface area contributed by atoms with E-state index in [-0.39, 0.29) is 0 Å². The SMILES string of the molecule is COCCC(C)n1cnc(-c2cccc(I)c2)n1. The maximum atomic E-state index is 5.08. The summed E-state index contributed by atoms with van der Waals surface area (Å²) in [6, 6.07) is 8.49. The Morgan fingerprint density at radius 3 is 3.00 bits per heavy atom. The third-order valence-corrected chi connectivity index (χ3v) is 3.45. The Morgan fingerprint density at radius 2 is 2.28 bits per heavy atom. The third kappa shape index (κ3) is 3.29. The van der Waals surface area contributed by atoms with Gasteiger partial charge in [0.15, 0.2) is 5.82 Å². The van der Waals surface area contributed by atoms with Gasteiger partial charge in [0.2, 0.25) is 0 Å². The molecule has 1 aromatic carbocycles. The Bertz CT molecular complexity index is 512. The number of aromatic nitrogens is 3. The molecule has 0 amide bonds. The lowest BCUT2D eigenvalue weighted by molar-refractivity contribution is 0.178. The number of methoxy groups -OCH3 is 1. The Hall–Kier alpha value is -0.950. The van der Waals surface area contributed by atoms with E-state index in [2.05, 4.69) is 51.7 Å². The second kappa shape index (κ2) is 6.29. The molecule has 0 bridgehead atoms. The summed E-state index contributed by atoms with van der Waals surface area (Å²) in [5.41, 5.74) is 1.06. The normalized spacial score (nSPS) is 12.6. The van der Waals surface area contributed by atoms with Crippen molar-refractivity contribution in [3.8, 4) is 11.4 Å². The summed E-state index contributed by atoms with van der Waals surface area (Å²) < 4.78 is 8.16. The molecule has 0 saturated carbocycles. The smallest absolute Gasteiger partial charge is 0.181 e. The fourth-order valence-corrected chi connectivity index (χ4v) is 2.21. The number of ether oxygens (including phenoxy) is 1. The zero-order valence-corrected chi connectivity index (χ0v) is 12.7. The highest BCUT2D eigenvalue weighted by molar-refractivity contribution is 14.1. The van der Waals surface area contributed by atoms with Crippen molar-refractivity contribution in [3.05, 3.63) is 34.2 Å². The standard InChI is InChI=1S/C13H16IN3O/c1-10(6-7-18-2)17-9-15-13(16-17)11-4-3-5-12(14)8-11/h3-5,8-10H,6-7H2,1-2H3. The van der Waals surface area contributed by atoms with E-state index in [1.165, 1.54) is 3.57 Å². The van der Waals surface area contributed by atoms with Gasteiger partial charge in [0.1, 0.15) is 6.33 Å². The van der Waals surface area contributed by atoms with Crippen LogP contribution in [-0.2, 0) is 4.74 Å². The highest BCUT2D eigenvalue weighted by Crippen LogP contribution is 2.18. The molecule has 1 unspecified atom stereocenters. The number of rotatable bonds is 5. The first kappa shape index (κ1) is 13.5. The molecule has 4 nitrogen and oxygen atoms in total. The molecule has 0 aliphatic rings. The molecule has 0 aliphatic heterocycles. The minimum absolute atomic E-state index is 0.300. The summed E-state index contributed by atoms with van der Waals surface area (Å²) in [6.45, 7) is 2.85. The molecule has 1 atom stereocenters. The summed E-state index contributed by atoms with van der Waals surface area (Å²) in [6.07, 6.45) is 2.72. The average Bonchev–Trinajstić information content (AvgIpc) is 2.85. The van der Waals surface area contributed by atoms with E-state index >= 15 is 0 Å². The van der Waals surface area contributed by atoms with Crippen LogP contribution in [0.5, 0.6) is 0 Å². The van der Waals surface area contributed by atoms with Gasteiger partial charge < -0.3 is 4.74 Å². The molecule has 0 saturated heterocycles. The van der Waals surface area contributed by atoms with Crippen LogP contribution in [-0.4, -0.2) is 28.5 Å². The lowest BCUT2D eigenvalue weighted by Crippen LogP contribution is -2.08. The molecule has 18 heavy (non-hydrogen) atoms. The maximum Gasteiger partial charge on any atom is 0.181 e. The molecule has 0 aliphatic carbocycles. The van der Waals surface area contributed by atoms with Crippen LogP contribution in [0, 0.1) is 3.57 Å². The van der Waals surface area contributed by atoms with Crippen molar-refractivity contribution in [1.82, 2.24) is 14.8 Å². The molecule has 5 heteroatoms. The Balaban J connectivity index is 2.15. The van der Waals surface area contributed by atoms with E-state index in [1.807, 2.05) is 16.8 Å². The Morgan fingerprint density at radius 1 is 1.44 bits per heavy atom.